The lowest BCUT2D eigenvalue weighted by atomic mass is 10.1. The first kappa shape index (κ1) is 13.1. The Labute approximate surface area is 111 Å². The first-order chi connectivity index (χ1) is 9.17. The van der Waals surface area contributed by atoms with E-state index in [2.05, 4.69) is 15.6 Å². The molecule has 0 saturated carbocycles. The number of aromatic nitrogens is 3. The monoisotopic (exact) mass is 260 g/mol. The molecule has 6 heteroatoms. The van der Waals surface area contributed by atoms with Crippen LogP contribution in [0.3, 0.4) is 0 Å². The molecule has 0 aliphatic rings. The molecule has 0 atom stereocenters. The largest absolute Gasteiger partial charge is 0.497 e. The van der Waals surface area contributed by atoms with E-state index in [0.29, 0.717) is 18.7 Å². The Morgan fingerprint density at radius 2 is 2.32 bits per heavy atom. The average molecular weight is 260 g/mol. The topological polar surface area (TPSA) is 69.0 Å². The molecule has 1 N–H and O–H groups in total. The first-order valence-corrected chi connectivity index (χ1v) is 5.96. The maximum absolute atomic E-state index is 11.7. The molecule has 0 aliphatic heterocycles. The van der Waals surface area contributed by atoms with Crippen molar-refractivity contribution in [3.05, 3.63) is 36.0 Å². The molecule has 0 bridgehead atoms. The molecule has 0 aliphatic carbocycles. The van der Waals surface area contributed by atoms with Gasteiger partial charge in [-0.2, -0.15) is 0 Å². The van der Waals surface area contributed by atoms with E-state index in [1.54, 1.807) is 20.4 Å². The predicted molar refractivity (Wildman–Crippen MR) is 70.9 cm³/mol. The Bertz CT molecular complexity index is 565. The first-order valence-electron chi connectivity index (χ1n) is 5.96. The van der Waals surface area contributed by atoms with Crippen LogP contribution in [0.4, 0.5) is 5.82 Å². The number of benzene rings is 1. The van der Waals surface area contributed by atoms with Crippen LogP contribution in [-0.4, -0.2) is 28.0 Å². The summed E-state index contributed by atoms with van der Waals surface area (Å²) in [5, 5.41) is 10.2. The molecule has 2 rings (SSSR count). The van der Waals surface area contributed by atoms with E-state index in [1.165, 1.54) is 4.68 Å². The Morgan fingerprint density at radius 1 is 1.47 bits per heavy atom. The molecule has 1 heterocycles. The van der Waals surface area contributed by atoms with E-state index in [-0.39, 0.29) is 5.91 Å². The van der Waals surface area contributed by atoms with Crippen LogP contribution in [0.1, 0.15) is 12.0 Å². The van der Waals surface area contributed by atoms with Crippen molar-refractivity contribution in [3.8, 4) is 5.75 Å². The van der Waals surface area contributed by atoms with E-state index in [9.17, 15) is 4.79 Å². The molecule has 0 radical (unpaired) electrons. The smallest absolute Gasteiger partial charge is 0.225 e. The zero-order valence-corrected chi connectivity index (χ0v) is 11.0. The Hall–Kier alpha value is -2.37. The fraction of sp³-hybridized carbons (Fsp3) is 0.308. The van der Waals surface area contributed by atoms with Crippen molar-refractivity contribution < 1.29 is 9.53 Å². The molecule has 6 nitrogen and oxygen atoms in total. The number of amides is 1. The highest BCUT2D eigenvalue weighted by atomic mass is 16.5. The maximum Gasteiger partial charge on any atom is 0.225 e. The summed E-state index contributed by atoms with van der Waals surface area (Å²) in [6.07, 6.45) is 2.70. The van der Waals surface area contributed by atoms with Crippen molar-refractivity contribution in [1.29, 1.82) is 0 Å². The SMILES string of the molecule is COc1cccc(CCC(=O)Nc2cn(C)nn2)c1. The van der Waals surface area contributed by atoms with Crippen LogP contribution in [-0.2, 0) is 18.3 Å². The molecule has 1 amide bonds. The number of rotatable bonds is 5. The zero-order valence-electron chi connectivity index (χ0n) is 11.0. The van der Waals surface area contributed by atoms with Crippen LogP contribution < -0.4 is 10.1 Å². The zero-order chi connectivity index (χ0) is 13.7. The normalized spacial score (nSPS) is 10.2. The molecule has 0 fully saturated rings. The van der Waals surface area contributed by atoms with Gasteiger partial charge in [0.05, 0.1) is 13.3 Å². The van der Waals surface area contributed by atoms with E-state index < -0.39 is 0 Å². The van der Waals surface area contributed by atoms with Gasteiger partial charge in [0, 0.05) is 13.5 Å². The maximum atomic E-state index is 11.7. The van der Waals surface area contributed by atoms with E-state index >= 15 is 0 Å². The van der Waals surface area contributed by atoms with Crippen LogP contribution >= 0.6 is 0 Å². The third-order valence-electron chi connectivity index (χ3n) is 2.65. The summed E-state index contributed by atoms with van der Waals surface area (Å²) in [5.74, 6) is 1.19. The number of nitrogens with one attached hydrogen (secondary N) is 1. The van der Waals surface area contributed by atoms with Gasteiger partial charge < -0.3 is 10.1 Å². The molecular formula is C13H16N4O2. The highest BCUT2D eigenvalue weighted by Gasteiger charge is 2.06. The number of ether oxygens (including phenoxy) is 1. The second-order valence-corrected chi connectivity index (χ2v) is 4.18. The van der Waals surface area contributed by atoms with Gasteiger partial charge in [-0.05, 0) is 24.1 Å². The van der Waals surface area contributed by atoms with Crippen molar-refractivity contribution in [2.45, 2.75) is 12.8 Å². The number of nitrogens with zero attached hydrogens (tertiary/aromatic N) is 3. The Kier molecular flexibility index (Phi) is 4.12. The molecule has 0 saturated heterocycles. The summed E-state index contributed by atoms with van der Waals surface area (Å²) in [6, 6.07) is 7.69. The van der Waals surface area contributed by atoms with Gasteiger partial charge in [-0.25, -0.2) is 0 Å². The second-order valence-electron chi connectivity index (χ2n) is 4.18. The highest BCUT2D eigenvalue weighted by Crippen LogP contribution is 2.14. The lowest BCUT2D eigenvalue weighted by molar-refractivity contribution is -0.116. The van der Waals surface area contributed by atoms with E-state index in [4.69, 9.17) is 4.74 Å². The summed E-state index contributed by atoms with van der Waals surface area (Å²) in [6.45, 7) is 0. The predicted octanol–water partition coefficient (Wildman–Crippen LogP) is 1.39. The van der Waals surface area contributed by atoms with Crippen molar-refractivity contribution in [2.75, 3.05) is 12.4 Å². The average Bonchev–Trinajstić information content (AvgIpc) is 2.82. The molecule has 1 aromatic heterocycles. The number of hydrogen-bond donors (Lipinski definition) is 1. The summed E-state index contributed by atoms with van der Waals surface area (Å²) >= 11 is 0. The minimum atomic E-state index is -0.0803. The summed E-state index contributed by atoms with van der Waals surface area (Å²) in [5.41, 5.74) is 1.06. The summed E-state index contributed by atoms with van der Waals surface area (Å²) in [7, 11) is 3.37. The van der Waals surface area contributed by atoms with Crippen molar-refractivity contribution in [1.82, 2.24) is 15.0 Å². The molecule has 1 aromatic carbocycles. The number of hydrogen-bond acceptors (Lipinski definition) is 4. The van der Waals surface area contributed by atoms with Crippen LogP contribution in [0.25, 0.3) is 0 Å². The number of aryl methyl sites for hydroxylation is 2. The minimum Gasteiger partial charge on any atom is -0.497 e. The number of anilines is 1. The number of methoxy groups -OCH3 is 1. The number of carbonyl (C=O) groups is 1. The van der Waals surface area contributed by atoms with E-state index in [0.717, 1.165) is 11.3 Å². The van der Waals surface area contributed by atoms with Gasteiger partial charge in [0.2, 0.25) is 5.91 Å². The molecule has 0 unspecified atom stereocenters. The molecule has 0 spiro atoms. The minimum absolute atomic E-state index is 0.0803. The van der Waals surface area contributed by atoms with Gasteiger partial charge in [-0.1, -0.05) is 17.3 Å². The highest BCUT2D eigenvalue weighted by molar-refractivity contribution is 5.89. The van der Waals surface area contributed by atoms with Gasteiger partial charge in [0.15, 0.2) is 5.82 Å². The van der Waals surface area contributed by atoms with Gasteiger partial charge in [0.25, 0.3) is 0 Å². The van der Waals surface area contributed by atoms with Crippen LogP contribution in [0.15, 0.2) is 30.5 Å². The fourth-order valence-electron chi connectivity index (χ4n) is 1.70. The van der Waals surface area contributed by atoms with Gasteiger partial charge in [-0.15, -0.1) is 5.10 Å². The Balaban J connectivity index is 1.86. The van der Waals surface area contributed by atoms with Crippen LogP contribution in [0.5, 0.6) is 5.75 Å². The van der Waals surface area contributed by atoms with Crippen molar-refractivity contribution in [3.63, 3.8) is 0 Å². The van der Waals surface area contributed by atoms with Gasteiger partial charge in [0.1, 0.15) is 5.75 Å². The molecule has 100 valence electrons. The van der Waals surface area contributed by atoms with Crippen molar-refractivity contribution >= 4 is 11.7 Å². The lowest BCUT2D eigenvalue weighted by Crippen LogP contribution is -2.12. The fourth-order valence-corrected chi connectivity index (χ4v) is 1.70. The Morgan fingerprint density at radius 3 is 3.00 bits per heavy atom. The molecular weight excluding hydrogens is 244 g/mol. The standard InChI is InChI=1S/C13H16N4O2/c1-17-9-12(15-16-17)14-13(18)7-6-10-4-3-5-11(8-10)19-2/h3-5,8-9H,6-7H2,1-2H3,(H,14,18). The van der Waals surface area contributed by atoms with Gasteiger partial charge in [-0.3, -0.25) is 9.48 Å². The second kappa shape index (κ2) is 5.99. The number of carbonyl (C=O) groups excluding carboxylic acids is 1. The summed E-state index contributed by atoms with van der Waals surface area (Å²) < 4.78 is 6.68. The molecule has 19 heavy (non-hydrogen) atoms. The van der Waals surface area contributed by atoms with Crippen molar-refractivity contribution in [2.24, 2.45) is 7.05 Å². The molecule has 2 aromatic rings. The van der Waals surface area contributed by atoms with Gasteiger partial charge >= 0.3 is 0 Å². The summed E-state index contributed by atoms with van der Waals surface area (Å²) in [4.78, 5) is 11.7. The third kappa shape index (κ3) is 3.80. The third-order valence-corrected chi connectivity index (χ3v) is 2.65. The van der Waals surface area contributed by atoms with Crippen LogP contribution in [0, 0.1) is 0 Å². The van der Waals surface area contributed by atoms with E-state index in [1.807, 2.05) is 24.3 Å². The van der Waals surface area contributed by atoms with Crippen LogP contribution in [0.2, 0.25) is 0 Å². The lowest BCUT2D eigenvalue weighted by Gasteiger charge is -2.04. The quantitative estimate of drug-likeness (QED) is 0.882.